The largest absolute Gasteiger partial charge is 0.361 e. The maximum atomic E-state index is 13.0. The molecule has 8 heteroatoms. The molecular formula is C20H22FN3O3S. The summed E-state index contributed by atoms with van der Waals surface area (Å²) in [4.78, 5) is 17.4. The molecule has 0 atom stereocenters. The molecule has 0 aliphatic rings. The standard InChI is InChI=1S/C20H22FN3O3S/c1-3-24(2)11-10-15-13-22-19-9-6-16(12-18(15)19)23-20(25)14-4-7-17(8-5-14)28(21,26)27/h4-9,12-13,22H,3,10-11H2,1-2H3,(H,23,25). The van der Waals surface area contributed by atoms with Gasteiger partial charge in [0.25, 0.3) is 5.91 Å². The molecule has 6 nitrogen and oxygen atoms in total. The average Bonchev–Trinajstić information content (AvgIpc) is 3.07. The summed E-state index contributed by atoms with van der Waals surface area (Å²) < 4.78 is 34.7. The fraction of sp³-hybridized carbons (Fsp3) is 0.250. The number of aromatic nitrogens is 1. The lowest BCUT2D eigenvalue weighted by Crippen LogP contribution is -2.20. The summed E-state index contributed by atoms with van der Waals surface area (Å²) in [6.45, 7) is 4.02. The summed E-state index contributed by atoms with van der Waals surface area (Å²) in [5.74, 6) is -0.398. The first-order chi connectivity index (χ1) is 13.3. The number of likely N-dealkylation sites (N-methyl/N-ethyl adjacent to an activating group) is 1. The summed E-state index contributed by atoms with van der Waals surface area (Å²) in [6.07, 6.45) is 2.87. The number of benzene rings is 2. The van der Waals surface area contributed by atoms with Gasteiger partial charge in [-0.1, -0.05) is 6.92 Å². The van der Waals surface area contributed by atoms with E-state index in [1.54, 1.807) is 6.07 Å². The number of hydrogen-bond donors (Lipinski definition) is 2. The number of rotatable bonds is 7. The van der Waals surface area contributed by atoms with E-state index in [1.807, 2.05) is 18.3 Å². The minimum atomic E-state index is -4.78. The zero-order chi connectivity index (χ0) is 20.3. The predicted octanol–water partition coefficient (Wildman–Crippen LogP) is 3.57. The van der Waals surface area contributed by atoms with Crippen molar-refractivity contribution < 1.29 is 17.1 Å². The summed E-state index contributed by atoms with van der Waals surface area (Å²) in [6, 6.07) is 10.3. The Labute approximate surface area is 163 Å². The number of halogens is 1. The van der Waals surface area contributed by atoms with Gasteiger partial charge in [-0.2, -0.15) is 8.42 Å². The van der Waals surface area contributed by atoms with Gasteiger partial charge in [-0.3, -0.25) is 4.79 Å². The third-order valence-corrected chi connectivity index (χ3v) is 5.56. The fourth-order valence-electron chi connectivity index (χ4n) is 2.90. The van der Waals surface area contributed by atoms with Gasteiger partial charge in [0.2, 0.25) is 0 Å². The molecule has 0 radical (unpaired) electrons. The zero-order valence-electron chi connectivity index (χ0n) is 15.7. The first kappa shape index (κ1) is 20.0. The van der Waals surface area contributed by atoms with Crippen LogP contribution < -0.4 is 5.32 Å². The van der Waals surface area contributed by atoms with Crippen molar-refractivity contribution in [2.24, 2.45) is 0 Å². The minimum Gasteiger partial charge on any atom is -0.361 e. The highest BCUT2D eigenvalue weighted by Gasteiger charge is 2.14. The summed E-state index contributed by atoms with van der Waals surface area (Å²) in [7, 11) is -2.71. The van der Waals surface area contributed by atoms with Crippen molar-refractivity contribution in [3.63, 3.8) is 0 Å². The maximum Gasteiger partial charge on any atom is 0.332 e. The first-order valence-corrected chi connectivity index (χ1v) is 10.3. The van der Waals surface area contributed by atoms with Crippen molar-refractivity contribution in [1.29, 1.82) is 0 Å². The van der Waals surface area contributed by atoms with Crippen LogP contribution in [0.3, 0.4) is 0 Å². The zero-order valence-corrected chi connectivity index (χ0v) is 16.5. The second-order valence-electron chi connectivity index (χ2n) is 6.64. The number of nitrogens with zero attached hydrogens (tertiary/aromatic N) is 1. The SMILES string of the molecule is CCN(C)CCc1c[nH]c2ccc(NC(=O)c3ccc(S(=O)(=O)F)cc3)cc12. The Morgan fingerprint density at radius 2 is 1.89 bits per heavy atom. The van der Waals surface area contributed by atoms with Crippen molar-refractivity contribution in [3.8, 4) is 0 Å². The van der Waals surface area contributed by atoms with E-state index in [9.17, 15) is 17.1 Å². The lowest BCUT2D eigenvalue weighted by molar-refractivity contribution is 0.102. The molecule has 1 heterocycles. The Kier molecular flexibility index (Phi) is 5.81. The third-order valence-electron chi connectivity index (χ3n) is 4.73. The molecule has 0 unspecified atom stereocenters. The normalized spacial score (nSPS) is 11.9. The Hall–Kier alpha value is -2.71. The highest BCUT2D eigenvalue weighted by molar-refractivity contribution is 7.86. The van der Waals surface area contributed by atoms with Gasteiger partial charge in [0.1, 0.15) is 0 Å². The van der Waals surface area contributed by atoms with E-state index in [1.165, 1.54) is 17.7 Å². The van der Waals surface area contributed by atoms with Gasteiger partial charge >= 0.3 is 10.2 Å². The molecule has 2 N–H and O–H groups in total. The number of H-pyrrole nitrogens is 1. The highest BCUT2D eigenvalue weighted by Crippen LogP contribution is 2.23. The van der Waals surface area contributed by atoms with Gasteiger partial charge < -0.3 is 15.2 Å². The van der Waals surface area contributed by atoms with Crippen molar-refractivity contribution in [3.05, 3.63) is 59.8 Å². The van der Waals surface area contributed by atoms with Crippen LogP contribution >= 0.6 is 0 Å². The van der Waals surface area contributed by atoms with Crippen molar-refractivity contribution in [2.45, 2.75) is 18.2 Å². The molecule has 148 valence electrons. The Bertz CT molecular complexity index is 1090. The quantitative estimate of drug-likeness (QED) is 0.591. The smallest absolute Gasteiger partial charge is 0.332 e. The fourth-order valence-corrected chi connectivity index (χ4v) is 3.37. The van der Waals surface area contributed by atoms with E-state index < -0.39 is 21.0 Å². The van der Waals surface area contributed by atoms with Crippen LogP contribution in [0.1, 0.15) is 22.8 Å². The van der Waals surface area contributed by atoms with Gasteiger partial charge in [-0.05, 0) is 68.0 Å². The summed E-state index contributed by atoms with van der Waals surface area (Å²) in [5, 5.41) is 3.84. The predicted molar refractivity (Wildman–Crippen MR) is 108 cm³/mol. The highest BCUT2D eigenvalue weighted by atomic mass is 32.3. The van der Waals surface area contributed by atoms with Gasteiger partial charge in [-0.25, -0.2) is 0 Å². The molecule has 0 saturated heterocycles. The number of carbonyl (C=O) groups is 1. The number of carbonyl (C=O) groups excluding carboxylic acids is 1. The van der Waals surface area contributed by atoms with E-state index in [4.69, 9.17) is 0 Å². The van der Waals surface area contributed by atoms with E-state index >= 15 is 0 Å². The molecule has 3 rings (SSSR count). The number of aromatic amines is 1. The summed E-state index contributed by atoms with van der Waals surface area (Å²) in [5.41, 5.74) is 3.03. The third kappa shape index (κ3) is 4.58. The Morgan fingerprint density at radius 3 is 2.54 bits per heavy atom. The second kappa shape index (κ2) is 8.12. The molecule has 0 spiro atoms. The van der Waals surface area contributed by atoms with E-state index in [2.05, 4.69) is 29.2 Å². The van der Waals surface area contributed by atoms with Crippen LogP contribution in [0.2, 0.25) is 0 Å². The van der Waals surface area contributed by atoms with Crippen LogP contribution in [0, 0.1) is 0 Å². The summed E-state index contributed by atoms with van der Waals surface area (Å²) >= 11 is 0. The van der Waals surface area contributed by atoms with Crippen LogP contribution in [-0.2, 0) is 16.6 Å². The van der Waals surface area contributed by atoms with Crippen LogP contribution in [0.5, 0.6) is 0 Å². The van der Waals surface area contributed by atoms with Crippen LogP contribution in [-0.4, -0.2) is 44.3 Å². The minimum absolute atomic E-state index is 0.242. The van der Waals surface area contributed by atoms with E-state index in [0.29, 0.717) is 5.69 Å². The Morgan fingerprint density at radius 1 is 1.18 bits per heavy atom. The number of nitrogens with one attached hydrogen (secondary N) is 2. The Balaban J connectivity index is 1.77. The lowest BCUT2D eigenvalue weighted by atomic mass is 10.1. The first-order valence-electron chi connectivity index (χ1n) is 8.92. The second-order valence-corrected chi connectivity index (χ2v) is 7.98. The number of fused-ring (bicyclic) bond motifs is 1. The molecule has 0 aliphatic heterocycles. The van der Waals surface area contributed by atoms with Crippen molar-refractivity contribution in [2.75, 3.05) is 25.5 Å². The molecule has 0 bridgehead atoms. The number of amides is 1. The van der Waals surface area contributed by atoms with Crippen molar-refractivity contribution >= 4 is 32.7 Å². The lowest BCUT2D eigenvalue weighted by Gasteiger charge is -2.13. The molecule has 2 aromatic carbocycles. The van der Waals surface area contributed by atoms with Crippen LogP contribution in [0.15, 0.2) is 53.6 Å². The number of hydrogen-bond acceptors (Lipinski definition) is 4. The monoisotopic (exact) mass is 403 g/mol. The number of anilines is 1. The van der Waals surface area contributed by atoms with Gasteiger partial charge in [0.05, 0.1) is 4.90 Å². The molecule has 1 amide bonds. The van der Waals surface area contributed by atoms with Gasteiger partial charge in [-0.15, -0.1) is 3.89 Å². The topological polar surface area (TPSA) is 82.3 Å². The molecule has 1 aromatic heterocycles. The van der Waals surface area contributed by atoms with Crippen LogP contribution in [0.25, 0.3) is 10.9 Å². The molecular weight excluding hydrogens is 381 g/mol. The van der Waals surface area contributed by atoms with Crippen LogP contribution in [0.4, 0.5) is 9.57 Å². The van der Waals surface area contributed by atoms with Gasteiger partial charge in [0.15, 0.2) is 0 Å². The molecule has 3 aromatic rings. The average molecular weight is 403 g/mol. The van der Waals surface area contributed by atoms with Crippen molar-refractivity contribution in [1.82, 2.24) is 9.88 Å². The molecule has 0 fully saturated rings. The molecule has 0 saturated carbocycles. The molecule has 28 heavy (non-hydrogen) atoms. The van der Waals surface area contributed by atoms with E-state index in [0.717, 1.165) is 42.5 Å². The molecule has 0 aliphatic carbocycles. The van der Waals surface area contributed by atoms with E-state index in [-0.39, 0.29) is 5.56 Å². The van der Waals surface area contributed by atoms with Gasteiger partial charge in [0, 0.05) is 34.9 Å². The maximum absolute atomic E-state index is 13.0.